The summed E-state index contributed by atoms with van der Waals surface area (Å²) in [6.45, 7) is 7.76. The van der Waals surface area contributed by atoms with Gasteiger partial charge in [0.15, 0.2) is 5.96 Å². The second-order valence-electron chi connectivity index (χ2n) is 6.91. The van der Waals surface area contributed by atoms with E-state index in [0.717, 1.165) is 32.1 Å². The first-order valence-electron chi connectivity index (χ1n) is 8.42. The molecule has 0 radical (unpaired) electrons. The molecule has 122 valence electrons. The van der Waals surface area contributed by atoms with Gasteiger partial charge in [0.25, 0.3) is 0 Å². The Morgan fingerprint density at radius 1 is 1.24 bits per heavy atom. The van der Waals surface area contributed by atoms with E-state index in [1.54, 1.807) is 0 Å². The molecule has 1 heterocycles. The second-order valence-corrected chi connectivity index (χ2v) is 6.91. The number of rotatable bonds is 5. The number of guanidine groups is 1. The number of hydrogen-bond donors (Lipinski definition) is 2. The van der Waals surface area contributed by atoms with Crippen molar-refractivity contribution in [3.05, 3.63) is 0 Å². The average molecular weight is 295 g/mol. The average Bonchev–Trinajstić information content (AvgIpc) is 2.44. The third-order valence-electron chi connectivity index (χ3n) is 5.50. The number of likely N-dealkylation sites (N-methyl/N-ethyl adjacent to an activating group) is 2. The quantitative estimate of drug-likeness (QED) is 0.586. The Morgan fingerprint density at radius 3 is 2.57 bits per heavy atom. The van der Waals surface area contributed by atoms with Crippen molar-refractivity contribution in [3.63, 3.8) is 0 Å². The molecule has 2 aliphatic rings. The van der Waals surface area contributed by atoms with Crippen molar-refractivity contribution in [2.45, 2.75) is 38.6 Å². The summed E-state index contributed by atoms with van der Waals surface area (Å²) in [7, 11) is 6.29. The number of aliphatic imine (C=N–C) groups is 1. The Hall–Kier alpha value is -0.810. The summed E-state index contributed by atoms with van der Waals surface area (Å²) in [4.78, 5) is 9.22. The Morgan fingerprint density at radius 2 is 2.00 bits per heavy atom. The van der Waals surface area contributed by atoms with Crippen molar-refractivity contribution in [2.75, 3.05) is 53.9 Å². The Balaban J connectivity index is 1.74. The molecular formula is C16H33N5. The number of piperazine rings is 1. The summed E-state index contributed by atoms with van der Waals surface area (Å²) in [5, 5.41) is 7.04. The zero-order valence-electron chi connectivity index (χ0n) is 14.3. The third-order valence-corrected chi connectivity index (χ3v) is 5.50. The van der Waals surface area contributed by atoms with Gasteiger partial charge in [-0.3, -0.25) is 9.89 Å². The van der Waals surface area contributed by atoms with Crippen LogP contribution in [0.3, 0.4) is 0 Å². The predicted molar refractivity (Wildman–Crippen MR) is 89.9 cm³/mol. The lowest BCUT2D eigenvalue weighted by Gasteiger charge is -2.42. The van der Waals surface area contributed by atoms with Gasteiger partial charge in [0, 0.05) is 45.8 Å². The van der Waals surface area contributed by atoms with E-state index in [9.17, 15) is 0 Å². The lowest BCUT2D eigenvalue weighted by atomic mass is 9.67. The van der Waals surface area contributed by atoms with Crippen LogP contribution in [-0.2, 0) is 0 Å². The first-order valence-corrected chi connectivity index (χ1v) is 8.42. The molecule has 2 N–H and O–H groups in total. The highest BCUT2D eigenvalue weighted by atomic mass is 15.3. The maximum Gasteiger partial charge on any atom is 0.191 e. The molecule has 5 heteroatoms. The van der Waals surface area contributed by atoms with E-state index in [2.05, 4.69) is 46.4 Å². The van der Waals surface area contributed by atoms with E-state index in [4.69, 9.17) is 0 Å². The van der Waals surface area contributed by atoms with Crippen LogP contribution in [0.5, 0.6) is 0 Å². The molecule has 0 aromatic carbocycles. The molecule has 1 aliphatic heterocycles. The van der Waals surface area contributed by atoms with Gasteiger partial charge in [-0.1, -0.05) is 13.3 Å². The van der Waals surface area contributed by atoms with Crippen LogP contribution in [0.4, 0.5) is 0 Å². The summed E-state index contributed by atoms with van der Waals surface area (Å²) < 4.78 is 0. The smallest absolute Gasteiger partial charge is 0.191 e. The van der Waals surface area contributed by atoms with Crippen LogP contribution in [0, 0.1) is 5.41 Å². The van der Waals surface area contributed by atoms with Crippen LogP contribution in [0.25, 0.3) is 0 Å². The highest BCUT2D eigenvalue weighted by Crippen LogP contribution is 2.42. The first kappa shape index (κ1) is 16.6. The lowest BCUT2D eigenvalue weighted by Crippen LogP contribution is -2.56. The molecule has 1 saturated heterocycles. The highest BCUT2D eigenvalue weighted by molar-refractivity contribution is 5.79. The summed E-state index contributed by atoms with van der Waals surface area (Å²) in [5.41, 5.74) is 0.527. The molecule has 2 fully saturated rings. The molecule has 0 aromatic rings. The highest BCUT2D eigenvalue weighted by Gasteiger charge is 2.35. The van der Waals surface area contributed by atoms with Gasteiger partial charge in [-0.15, -0.1) is 0 Å². The number of nitrogens with one attached hydrogen (secondary N) is 2. The second kappa shape index (κ2) is 7.45. The van der Waals surface area contributed by atoms with Crippen LogP contribution < -0.4 is 10.6 Å². The maximum absolute atomic E-state index is 4.37. The van der Waals surface area contributed by atoms with Gasteiger partial charge < -0.3 is 15.5 Å². The van der Waals surface area contributed by atoms with E-state index < -0.39 is 0 Å². The van der Waals surface area contributed by atoms with E-state index in [1.165, 1.54) is 32.2 Å². The summed E-state index contributed by atoms with van der Waals surface area (Å²) in [6, 6.07) is 0.561. The van der Waals surface area contributed by atoms with Crippen molar-refractivity contribution in [1.29, 1.82) is 0 Å². The van der Waals surface area contributed by atoms with Crippen molar-refractivity contribution in [2.24, 2.45) is 10.4 Å². The minimum absolute atomic E-state index is 0.527. The van der Waals surface area contributed by atoms with Gasteiger partial charge in [-0.2, -0.15) is 0 Å². The van der Waals surface area contributed by atoms with E-state index in [0.29, 0.717) is 11.5 Å². The molecule has 5 nitrogen and oxygen atoms in total. The third kappa shape index (κ3) is 4.33. The van der Waals surface area contributed by atoms with Crippen LogP contribution in [-0.4, -0.2) is 75.7 Å². The molecule has 21 heavy (non-hydrogen) atoms. The molecule has 1 saturated carbocycles. The van der Waals surface area contributed by atoms with E-state index in [-0.39, 0.29) is 0 Å². The Bertz CT molecular complexity index is 345. The van der Waals surface area contributed by atoms with E-state index >= 15 is 0 Å². The van der Waals surface area contributed by atoms with Crippen molar-refractivity contribution < 1.29 is 0 Å². The maximum atomic E-state index is 4.37. The lowest BCUT2D eigenvalue weighted by molar-refractivity contribution is 0.115. The fourth-order valence-corrected chi connectivity index (χ4v) is 3.36. The van der Waals surface area contributed by atoms with Gasteiger partial charge >= 0.3 is 0 Å². The van der Waals surface area contributed by atoms with Crippen molar-refractivity contribution >= 4 is 5.96 Å². The predicted octanol–water partition coefficient (Wildman–Crippen LogP) is 0.978. The summed E-state index contributed by atoms with van der Waals surface area (Å²) >= 11 is 0. The molecule has 0 amide bonds. The Kier molecular flexibility index (Phi) is 5.88. The van der Waals surface area contributed by atoms with Crippen molar-refractivity contribution in [3.8, 4) is 0 Å². The van der Waals surface area contributed by atoms with Crippen LogP contribution in [0.2, 0.25) is 0 Å². The minimum Gasteiger partial charge on any atom is -0.356 e. The van der Waals surface area contributed by atoms with Crippen LogP contribution in [0.15, 0.2) is 4.99 Å². The number of nitrogens with zero attached hydrogens (tertiary/aromatic N) is 3. The molecule has 1 aliphatic carbocycles. The standard InChI is InChI=1S/C16H33N5/c1-5-16(7-6-8-16)13-19-15(17-2)18-11-14-12-20(3)9-10-21(14)4/h14H,5-13H2,1-4H3,(H2,17,18,19). The minimum atomic E-state index is 0.527. The normalized spacial score (nSPS) is 27.2. The molecule has 0 aromatic heterocycles. The first-order chi connectivity index (χ1) is 10.1. The largest absolute Gasteiger partial charge is 0.356 e. The number of hydrogen-bond acceptors (Lipinski definition) is 3. The fraction of sp³-hybridized carbons (Fsp3) is 0.938. The van der Waals surface area contributed by atoms with Crippen molar-refractivity contribution in [1.82, 2.24) is 20.4 Å². The van der Waals surface area contributed by atoms with Gasteiger partial charge in [-0.25, -0.2) is 0 Å². The topological polar surface area (TPSA) is 42.9 Å². The van der Waals surface area contributed by atoms with Gasteiger partial charge in [-0.05, 0) is 38.8 Å². The van der Waals surface area contributed by atoms with Gasteiger partial charge in [0.2, 0.25) is 0 Å². The summed E-state index contributed by atoms with van der Waals surface area (Å²) in [6.07, 6.45) is 5.39. The zero-order valence-corrected chi connectivity index (χ0v) is 14.3. The fourth-order valence-electron chi connectivity index (χ4n) is 3.36. The molecule has 0 bridgehead atoms. The van der Waals surface area contributed by atoms with Gasteiger partial charge in [0.1, 0.15) is 0 Å². The monoisotopic (exact) mass is 295 g/mol. The molecular weight excluding hydrogens is 262 g/mol. The van der Waals surface area contributed by atoms with Crippen LogP contribution >= 0.6 is 0 Å². The van der Waals surface area contributed by atoms with Crippen LogP contribution in [0.1, 0.15) is 32.6 Å². The van der Waals surface area contributed by atoms with E-state index in [1.807, 2.05) is 7.05 Å². The molecule has 1 atom stereocenters. The zero-order chi connectivity index (χ0) is 15.3. The molecule has 2 rings (SSSR count). The Labute approximate surface area is 130 Å². The van der Waals surface area contributed by atoms with Gasteiger partial charge in [0.05, 0.1) is 0 Å². The molecule has 0 spiro atoms. The summed E-state index contributed by atoms with van der Waals surface area (Å²) in [5.74, 6) is 0.955. The SMILES string of the molecule is CCC1(CNC(=NC)NCC2CN(C)CCN2C)CCC1. The molecule has 1 unspecified atom stereocenters.